The lowest BCUT2D eigenvalue weighted by molar-refractivity contribution is 1.81. The Morgan fingerprint density at radius 2 is 1.54 bits per heavy atom. The molecule has 0 aromatic rings. The Bertz CT molecular complexity index is 306. The zero-order valence-electron chi connectivity index (χ0n) is 8.24. The van der Waals surface area contributed by atoms with Crippen molar-refractivity contribution in [2.75, 3.05) is 4.05 Å². The number of alkyl halides is 1. The quantitative estimate of drug-likeness (QED) is 0.301. The zero-order valence-corrected chi connectivity index (χ0v) is 12.4. The molecule has 0 aliphatic carbocycles. The Kier molecular flexibility index (Phi) is 4.85. The third-order valence-corrected chi connectivity index (χ3v) is 10.8. The summed E-state index contributed by atoms with van der Waals surface area (Å²) in [6, 6.07) is 0. The highest BCUT2D eigenvalue weighted by atomic mass is 127. The van der Waals surface area contributed by atoms with Crippen molar-refractivity contribution in [3.05, 3.63) is 0 Å². The van der Waals surface area contributed by atoms with Crippen LogP contribution in [0.15, 0.2) is 0 Å². The fraction of sp³-hybridized carbons (Fsp3) is 0.400. The number of hydrogen-bond donors (Lipinski definition) is 0. The van der Waals surface area contributed by atoms with E-state index < -0.39 is 16.1 Å². The Labute approximate surface area is 97.0 Å². The van der Waals surface area contributed by atoms with Gasteiger partial charge in [-0.2, -0.15) is 0 Å². The Hall–Kier alpha value is -0.156. The highest BCUT2D eigenvalue weighted by molar-refractivity contribution is 14.1. The van der Waals surface area contributed by atoms with Crippen LogP contribution in [0.5, 0.6) is 0 Å². The van der Waals surface area contributed by atoms with Crippen molar-refractivity contribution >= 4 is 38.7 Å². The predicted octanol–water partition coefficient (Wildman–Crippen LogP) is 2.17. The Balaban J connectivity index is 4.81. The van der Waals surface area contributed by atoms with Gasteiger partial charge < -0.3 is 0 Å². The van der Waals surface area contributed by atoms with E-state index in [1.165, 1.54) is 0 Å². The standard InChI is InChI=1S/C10H13ISi2/c1-6-13(5,7-2)9-8-12(3,4)10-11/h1-2H,10H2,3-5H3. The molecule has 0 aromatic heterocycles. The topological polar surface area (TPSA) is 0 Å². The van der Waals surface area contributed by atoms with E-state index in [4.69, 9.17) is 12.8 Å². The van der Waals surface area contributed by atoms with Crippen LogP contribution in [0.1, 0.15) is 0 Å². The highest BCUT2D eigenvalue weighted by Gasteiger charge is 2.21. The average molecular weight is 316 g/mol. The summed E-state index contributed by atoms with van der Waals surface area (Å²) in [6.45, 7) is 6.40. The molecule has 0 spiro atoms. The number of halogens is 1. The molecule has 0 unspecified atom stereocenters. The first kappa shape index (κ1) is 12.8. The number of terminal acetylenes is 2. The molecule has 0 radical (unpaired) electrons. The lowest BCUT2D eigenvalue weighted by atomic mass is 11.3. The molecule has 13 heavy (non-hydrogen) atoms. The second-order valence-electron chi connectivity index (χ2n) is 3.68. The first-order valence-corrected chi connectivity index (χ1v) is 11.2. The van der Waals surface area contributed by atoms with Crippen LogP contribution in [0.25, 0.3) is 0 Å². The van der Waals surface area contributed by atoms with E-state index in [0.717, 1.165) is 4.05 Å². The summed E-state index contributed by atoms with van der Waals surface area (Å²) >= 11 is 2.38. The van der Waals surface area contributed by atoms with Gasteiger partial charge in [0.1, 0.15) is 8.07 Å². The van der Waals surface area contributed by atoms with Gasteiger partial charge in [0.05, 0.1) is 0 Å². The van der Waals surface area contributed by atoms with Gasteiger partial charge in [-0.3, -0.25) is 0 Å². The molecule has 0 amide bonds. The van der Waals surface area contributed by atoms with Crippen molar-refractivity contribution in [1.29, 1.82) is 0 Å². The minimum atomic E-state index is -2.10. The van der Waals surface area contributed by atoms with Crippen LogP contribution in [0.4, 0.5) is 0 Å². The van der Waals surface area contributed by atoms with E-state index in [9.17, 15) is 0 Å². The van der Waals surface area contributed by atoms with Crippen LogP contribution in [0, 0.1) is 35.0 Å². The molecule has 0 nitrogen and oxygen atoms in total. The van der Waals surface area contributed by atoms with E-state index in [1.54, 1.807) is 0 Å². The molecule has 0 saturated carbocycles. The largest absolute Gasteiger partial charge is 0.286 e. The van der Waals surface area contributed by atoms with Gasteiger partial charge in [0.15, 0.2) is 0 Å². The molecule has 0 heterocycles. The van der Waals surface area contributed by atoms with Gasteiger partial charge in [-0.1, -0.05) is 35.7 Å². The summed E-state index contributed by atoms with van der Waals surface area (Å²) in [5.41, 5.74) is 11.8. The predicted molar refractivity (Wildman–Crippen MR) is 73.4 cm³/mol. The highest BCUT2D eigenvalue weighted by Crippen LogP contribution is 2.05. The minimum absolute atomic E-state index is 1.12. The van der Waals surface area contributed by atoms with E-state index >= 15 is 0 Å². The van der Waals surface area contributed by atoms with Gasteiger partial charge >= 0.3 is 0 Å². The smallest absolute Gasteiger partial charge is 0.135 e. The van der Waals surface area contributed by atoms with Gasteiger partial charge in [-0.15, -0.1) is 35.0 Å². The molecule has 0 fully saturated rings. The van der Waals surface area contributed by atoms with Gasteiger partial charge in [0.25, 0.3) is 8.07 Å². The SMILES string of the molecule is C#C[Si](C)(C#C)C#C[Si](C)(C)CI. The van der Waals surface area contributed by atoms with Crippen LogP contribution in [-0.4, -0.2) is 20.2 Å². The van der Waals surface area contributed by atoms with Crippen LogP contribution in [0.3, 0.4) is 0 Å². The first-order chi connectivity index (χ1) is 5.89. The van der Waals surface area contributed by atoms with Crippen molar-refractivity contribution < 1.29 is 0 Å². The van der Waals surface area contributed by atoms with Gasteiger partial charge in [-0.25, -0.2) is 0 Å². The lowest BCUT2D eigenvalue weighted by Gasteiger charge is -2.10. The first-order valence-electron chi connectivity index (χ1n) is 3.95. The van der Waals surface area contributed by atoms with Gasteiger partial charge in [0.2, 0.25) is 0 Å². The molecule has 0 aromatic carbocycles. The Morgan fingerprint density at radius 3 is 1.85 bits per heavy atom. The minimum Gasteiger partial charge on any atom is -0.135 e. The summed E-state index contributed by atoms with van der Waals surface area (Å²) in [5.74, 6) is 0. The van der Waals surface area contributed by atoms with Gasteiger partial charge in [0, 0.05) is 4.05 Å². The molecule has 0 saturated heterocycles. The molecule has 0 rings (SSSR count). The third kappa shape index (κ3) is 4.57. The second kappa shape index (κ2) is 4.91. The van der Waals surface area contributed by atoms with Crippen molar-refractivity contribution in [3.63, 3.8) is 0 Å². The van der Waals surface area contributed by atoms with E-state index in [1.807, 2.05) is 6.55 Å². The van der Waals surface area contributed by atoms with Crippen molar-refractivity contribution in [2.24, 2.45) is 0 Å². The Morgan fingerprint density at radius 1 is 1.08 bits per heavy atom. The number of hydrogen-bond acceptors (Lipinski definition) is 0. The van der Waals surface area contributed by atoms with Crippen molar-refractivity contribution in [1.82, 2.24) is 0 Å². The van der Waals surface area contributed by atoms with Gasteiger partial charge in [-0.05, 0) is 6.55 Å². The average Bonchev–Trinajstić information content (AvgIpc) is 2.14. The second-order valence-corrected chi connectivity index (χ2v) is 13.3. The maximum atomic E-state index is 5.37. The molecule has 3 heteroatoms. The van der Waals surface area contributed by atoms with Crippen LogP contribution < -0.4 is 0 Å². The summed E-state index contributed by atoms with van der Waals surface area (Å²) in [7, 11) is -3.45. The number of rotatable bonds is 1. The fourth-order valence-corrected chi connectivity index (χ4v) is 3.66. The molecule has 0 N–H and O–H groups in total. The van der Waals surface area contributed by atoms with Crippen LogP contribution in [0.2, 0.25) is 19.6 Å². The molecule has 0 atom stereocenters. The molecule has 0 aliphatic heterocycles. The van der Waals surface area contributed by atoms with E-state index in [2.05, 4.69) is 57.9 Å². The fourth-order valence-electron chi connectivity index (χ4n) is 0.441. The maximum Gasteiger partial charge on any atom is 0.286 e. The van der Waals surface area contributed by atoms with Crippen molar-refractivity contribution in [3.8, 4) is 35.0 Å². The molecule has 68 valence electrons. The molecular formula is C10H13ISi2. The molecule has 0 bridgehead atoms. The van der Waals surface area contributed by atoms with E-state index in [0.29, 0.717) is 0 Å². The summed E-state index contributed by atoms with van der Waals surface area (Å²) in [5, 5.41) is 0. The summed E-state index contributed by atoms with van der Waals surface area (Å²) in [4.78, 5) is 0. The van der Waals surface area contributed by atoms with E-state index in [-0.39, 0.29) is 0 Å². The third-order valence-electron chi connectivity index (χ3n) is 1.56. The van der Waals surface area contributed by atoms with Crippen LogP contribution in [-0.2, 0) is 0 Å². The maximum absolute atomic E-state index is 5.37. The zero-order chi connectivity index (χ0) is 10.5. The molecule has 0 aliphatic rings. The summed E-state index contributed by atoms with van der Waals surface area (Å²) in [6.07, 6.45) is 10.7. The lowest BCUT2D eigenvalue weighted by Crippen LogP contribution is -2.30. The monoisotopic (exact) mass is 316 g/mol. The normalized spacial score (nSPS) is 10.6. The van der Waals surface area contributed by atoms with Crippen molar-refractivity contribution in [2.45, 2.75) is 19.6 Å². The molecular weight excluding hydrogens is 303 g/mol. The van der Waals surface area contributed by atoms with Crippen LogP contribution >= 0.6 is 22.6 Å². The summed E-state index contributed by atoms with van der Waals surface area (Å²) < 4.78 is 1.12.